The van der Waals surface area contributed by atoms with Crippen molar-refractivity contribution in [1.82, 2.24) is 14.9 Å². The summed E-state index contributed by atoms with van der Waals surface area (Å²) in [6.45, 7) is 3.35. The largest absolute Gasteiger partial charge is 0.497 e. The molecule has 0 radical (unpaired) electrons. The molecule has 2 aromatic carbocycles. The molecular weight excluding hydrogens is 402 g/mol. The van der Waals surface area contributed by atoms with E-state index in [0.29, 0.717) is 6.54 Å². The van der Waals surface area contributed by atoms with Crippen LogP contribution in [-0.2, 0) is 13.0 Å². The number of rotatable bonds is 5. The number of anilines is 3. The van der Waals surface area contributed by atoms with Crippen LogP contribution >= 0.6 is 0 Å². The van der Waals surface area contributed by atoms with Crippen molar-refractivity contribution in [3.05, 3.63) is 72.1 Å². The molecule has 2 unspecified atom stereocenters. The third-order valence-electron chi connectivity index (χ3n) is 6.51. The van der Waals surface area contributed by atoms with Crippen LogP contribution in [0.2, 0.25) is 0 Å². The Kier molecular flexibility index (Phi) is 5.92. The third kappa shape index (κ3) is 4.40. The van der Waals surface area contributed by atoms with Crippen molar-refractivity contribution in [3.8, 4) is 5.75 Å². The first-order valence-corrected chi connectivity index (χ1v) is 11.2. The number of piperidine rings is 1. The van der Waals surface area contributed by atoms with E-state index < -0.39 is 6.10 Å². The molecule has 3 heterocycles. The molecule has 1 saturated heterocycles. The zero-order valence-electron chi connectivity index (χ0n) is 18.3. The average molecular weight is 432 g/mol. The van der Waals surface area contributed by atoms with Gasteiger partial charge in [-0.1, -0.05) is 24.3 Å². The molecule has 5 rings (SSSR count). The number of nitrogens with zero attached hydrogens (tertiary/aromatic N) is 4. The lowest BCUT2D eigenvalue weighted by molar-refractivity contribution is 0.0293. The van der Waals surface area contributed by atoms with Gasteiger partial charge in [0.25, 0.3) is 0 Å². The topological polar surface area (TPSA) is 73.8 Å². The summed E-state index contributed by atoms with van der Waals surface area (Å²) >= 11 is 0. The van der Waals surface area contributed by atoms with Crippen LogP contribution in [0, 0.1) is 0 Å². The smallest absolute Gasteiger partial charge is 0.135 e. The number of aliphatic hydroxyl groups is 1. The summed E-state index contributed by atoms with van der Waals surface area (Å²) in [5.74, 6) is 2.37. The molecule has 0 aliphatic carbocycles. The van der Waals surface area contributed by atoms with Crippen LogP contribution < -0.4 is 15.0 Å². The Morgan fingerprint density at radius 2 is 1.84 bits per heavy atom. The molecule has 0 bridgehead atoms. The van der Waals surface area contributed by atoms with Gasteiger partial charge in [-0.05, 0) is 48.2 Å². The fourth-order valence-electron chi connectivity index (χ4n) is 4.76. The first kappa shape index (κ1) is 20.7. The highest BCUT2D eigenvalue weighted by atomic mass is 16.5. The second-order valence-electron chi connectivity index (χ2n) is 8.47. The predicted molar refractivity (Wildman–Crippen MR) is 125 cm³/mol. The van der Waals surface area contributed by atoms with Crippen LogP contribution in [0.1, 0.15) is 17.5 Å². The second-order valence-corrected chi connectivity index (χ2v) is 8.47. The summed E-state index contributed by atoms with van der Waals surface area (Å²) in [6, 6.07) is 18.5. The normalized spacial score (nSPS) is 21.1. The highest BCUT2D eigenvalue weighted by Crippen LogP contribution is 2.28. The minimum atomic E-state index is -0.415. The van der Waals surface area contributed by atoms with E-state index in [1.54, 1.807) is 13.4 Å². The van der Waals surface area contributed by atoms with Crippen LogP contribution in [0.4, 0.5) is 17.3 Å². The summed E-state index contributed by atoms with van der Waals surface area (Å²) in [6.07, 6.45) is 3.12. The number of hydrogen-bond donors (Lipinski definition) is 2. The third-order valence-corrected chi connectivity index (χ3v) is 6.51. The lowest BCUT2D eigenvalue weighted by Crippen LogP contribution is -2.55. The zero-order chi connectivity index (χ0) is 21.9. The number of benzene rings is 2. The van der Waals surface area contributed by atoms with Gasteiger partial charge in [0.15, 0.2) is 0 Å². The molecule has 0 saturated carbocycles. The number of nitrogens with one attached hydrogen (secondary N) is 1. The van der Waals surface area contributed by atoms with Crippen LogP contribution in [0.5, 0.6) is 5.75 Å². The zero-order valence-corrected chi connectivity index (χ0v) is 18.3. The van der Waals surface area contributed by atoms with Gasteiger partial charge >= 0.3 is 0 Å². The molecule has 32 heavy (non-hydrogen) atoms. The molecule has 3 aromatic rings. The van der Waals surface area contributed by atoms with E-state index in [4.69, 9.17) is 4.74 Å². The fraction of sp³-hybridized carbons (Fsp3) is 0.360. The number of methoxy groups -OCH3 is 1. The first-order valence-electron chi connectivity index (χ1n) is 11.2. The first-order chi connectivity index (χ1) is 15.7. The number of ether oxygens (including phenoxy) is 1. The van der Waals surface area contributed by atoms with Gasteiger partial charge in [0.1, 0.15) is 23.7 Å². The molecule has 2 atom stereocenters. The fourth-order valence-corrected chi connectivity index (χ4v) is 4.76. The van der Waals surface area contributed by atoms with Crippen molar-refractivity contribution in [2.45, 2.75) is 31.5 Å². The molecule has 2 aliphatic heterocycles. The monoisotopic (exact) mass is 431 g/mol. The van der Waals surface area contributed by atoms with Crippen LogP contribution in [0.3, 0.4) is 0 Å². The number of hydrogen-bond acceptors (Lipinski definition) is 7. The van der Waals surface area contributed by atoms with E-state index in [2.05, 4.69) is 49.4 Å². The van der Waals surface area contributed by atoms with E-state index in [9.17, 15) is 5.11 Å². The summed E-state index contributed by atoms with van der Waals surface area (Å²) in [5, 5.41) is 14.3. The van der Waals surface area contributed by atoms with Gasteiger partial charge in [-0.25, -0.2) is 9.97 Å². The van der Waals surface area contributed by atoms with Gasteiger partial charge in [-0.2, -0.15) is 0 Å². The summed E-state index contributed by atoms with van der Waals surface area (Å²) < 4.78 is 5.21. The summed E-state index contributed by atoms with van der Waals surface area (Å²) in [4.78, 5) is 13.4. The Morgan fingerprint density at radius 1 is 1.03 bits per heavy atom. The Balaban J connectivity index is 1.23. The maximum absolute atomic E-state index is 11.0. The highest BCUT2D eigenvalue weighted by molar-refractivity contribution is 5.60. The molecule has 2 aliphatic rings. The number of fused-ring (bicyclic) bond motifs is 1. The van der Waals surface area contributed by atoms with Gasteiger partial charge in [-0.3, -0.25) is 4.90 Å². The molecule has 1 fully saturated rings. The minimum absolute atomic E-state index is 0.179. The van der Waals surface area contributed by atoms with E-state index in [-0.39, 0.29) is 6.04 Å². The van der Waals surface area contributed by atoms with Gasteiger partial charge in [0.2, 0.25) is 0 Å². The lowest BCUT2D eigenvalue weighted by Gasteiger charge is -2.43. The predicted octanol–water partition coefficient (Wildman–Crippen LogP) is 3.23. The molecule has 0 amide bonds. The number of aromatic nitrogens is 2. The SMILES string of the molecule is COc1ccc(Nc2cc(N3CCC(N4CCc5ccccc5C4)C(O)C3)ncn2)cc1. The standard InChI is InChI=1S/C25H29N5O2/c1-32-21-8-6-20(7-9-21)28-24-14-25(27-17-26-24)30-13-11-22(23(31)16-30)29-12-10-18-4-2-3-5-19(18)15-29/h2-9,14,17,22-23,31H,10-13,15-16H2,1H3,(H,26,27,28). The van der Waals surface area contributed by atoms with E-state index >= 15 is 0 Å². The molecule has 7 heteroatoms. The van der Waals surface area contributed by atoms with Gasteiger partial charge < -0.3 is 20.1 Å². The molecule has 7 nitrogen and oxygen atoms in total. The molecule has 1 aromatic heterocycles. The van der Waals surface area contributed by atoms with Crippen LogP contribution in [0.15, 0.2) is 60.9 Å². The van der Waals surface area contributed by atoms with Crippen LogP contribution in [0.25, 0.3) is 0 Å². The summed E-state index contributed by atoms with van der Waals surface area (Å²) in [7, 11) is 1.65. The molecule has 166 valence electrons. The number of β-amino-alcohol motifs (C(OH)–C–C–N with tert-alkyl or cyclic N) is 1. The van der Waals surface area contributed by atoms with Crippen molar-refractivity contribution < 1.29 is 9.84 Å². The highest BCUT2D eigenvalue weighted by Gasteiger charge is 2.34. The van der Waals surface area contributed by atoms with Gasteiger partial charge in [-0.15, -0.1) is 0 Å². The van der Waals surface area contributed by atoms with E-state index in [1.807, 2.05) is 30.3 Å². The van der Waals surface area contributed by atoms with Crippen molar-refractivity contribution in [1.29, 1.82) is 0 Å². The minimum Gasteiger partial charge on any atom is -0.497 e. The maximum atomic E-state index is 11.0. The Labute approximate surface area is 188 Å². The Hall–Kier alpha value is -3.16. The molecule has 2 N–H and O–H groups in total. The maximum Gasteiger partial charge on any atom is 0.135 e. The molecular formula is C25H29N5O2. The lowest BCUT2D eigenvalue weighted by atomic mass is 9.94. The quantitative estimate of drug-likeness (QED) is 0.643. The molecule has 0 spiro atoms. The van der Waals surface area contributed by atoms with Gasteiger partial charge in [0.05, 0.1) is 13.2 Å². The van der Waals surface area contributed by atoms with E-state index in [1.165, 1.54) is 11.1 Å². The summed E-state index contributed by atoms with van der Waals surface area (Å²) in [5.41, 5.74) is 3.76. The van der Waals surface area contributed by atoms with E-state index in [0.717, 1.165) is 55.5 Å². The average Bonchev–Trinajstić information content (AvgIpc) is 2.84. The Bertz CT molecular complexity index is 1060. The van der Waals surface area contributed by atoms with Crippen molar-refractivity contribution in [2.75, 3.05) is 37.0 Å². The number of aliphatic hydroxyl groups excluding tert-OH is 1. The van der Waals surface area contributed by atoms with Crippen molar-refractivity contribution >= 4 is 17.3 Å². The van der Waals surface area contributed by atoms with Crippen molar-refractivity contribution in [2.24, 2.45) is 0 Å². The van der Waals surface area contributed by atoms with Crippen molar-refractivity contribution in [3.63, 3.8) is 0 Å². The van der Waals surface area contributed by atoms with Gasteiger partial charge in [0, 0.05) is 44.0 Å². The Morgan fingerprint density at radius 3 is 2.62 bits per heavy atom. The van der Waals surface area contributed by atoms with Crippen LogP contribution in [-0.4, -0.2) is 58.9 Å². The second kappa shape index (κ2) is 9.14.